The van der Waals surface area contributed by atoms with Crippen LogP contribution < -0.4 is 0 Å². The Labute approximate surface area is 133 Å². The quantitative estimate of drug-likeness (QED) is 0.722. The number of aryl methyl sites for hydroxylation is 1. The average Bonchev–Trinajstić information content (AvgIpc) is 2.44. The molecule has 1 aromatic rings. The van der Waals surface area contributed by atoms with Crippen molar-refractivity contribution < 1.29 is 19.1 Å². The normalized spacial score (nSPS) is 10.6. The molecule has 0 aliphatic heterocycles. The minimum Gasteiger partial charge on any atom is -0.462 e. The molecule has 0 radical (unpaired) electrons. The van der Waals surface area contributed by atoms with Gasteiger partial charge in [-0.05, 0) is 37.0 Å². The average molecular weight is 357 g/mol. The van der Waals surface area contributed by atoms with Crippen molar-refractivity contribution in [3.05, 3.63) is 33.3 Å². The smallest absolute Gasteiger partial charge is 0.339 e. The largest absolute Gasteiger partial charge is 0.462 e. The molecule has 0 bridgehead atoms. The minimum absolute atomic E-state index is 0.234. The van der Waals surface area contributed by atoms with Crippen molar-refractivity contribution >= 4 is 27.9 Å². The Morgan fingerprint density at radius 2 is 1.67 bits per heavy atom. The molecule has 4 nitrogen and oxygen atoms in total. The van der Waals surface area contributed by atoms with Crippen molar-refractivity contribution in [2.24, 2.45) is 5.92 Å². The van der Waals surface area contributed by atoms with Gasteiger partial charge in [0.2, 0.25) is 0 Å². The number of carbonyl (C=O) groups excluding carboxylic acids is 2. The van der Waals surface area contributed by atoms with E-state index in [-0.39, 0.29) is 23.7 Å². The second-order valence-electron chi connectivity index (χ2n) is 5.06. The molecule has 0 heterocycles. The first-order valence-corrected chi connectivity index (χ1v) is 7.86. The van der Waals surface area contributed by atoms with Gasteiger partial charge in [0.1, 0.15) is 0 Å². The number of hydrogen-bond acceptors (Lipinski definition) is 4. The van der Waals surface area contributed by atoms with Gasteiger partial charge in [0.05, 0.1) is 24.3 Å². The van der Waals surface area contributed by atoms with E-state index in [1.165, 1.54) is 0 Å². The van der Waals surface area contributed by atoms with Gasteiger partial charge in [0, 0.05) is 4.47 Å². The number of halogens is 1. The van der Waals surface area contributed by atoms with Crippen molar-refractivity contribution in [2.75, 3.05) is 13.2 Å². The molecular formula is C16H21BrO4. The molecular weight excluding hydrogens is 336 g/mol. The maximum atomic E-state index is 12.2. The van der Waals surface area contributed by atoms with Crippen LogP contribution in [0.2, 0.25) is 0 Å². The van der Waals surface area contributed by atoms with Crippen LogP contribution in [0, 0.1) is 5.92 Å². The zero-order valence-corrected chi connectivity index (χ0v) is 14.5. The van der Waals surface area contributed by atoms with Crippen molar-refractivity contribution in [1.29, 1.82) is 0 Å². The molecule has 21 heavy (non-hydrogen) atoms. The van der Waals surface area contributed by atoms with Gasteiger partial charge in [0.15, 0.2) is 0 Å². The highest BCUT2D eigenvalue weighted by Gasteiger charge is 2.21. The van der Waals surface area contributed by atoms with Crippen LogP contribution in [-0.4, -0.2) is 25.2 Å². The molecule has 5 heteroatoms. The van der Waals surface area contributed by atoms with Crippen LogP contribution in [0.15, 0.2) is 16.6 Å². The maximum absolute atomic E-state index is 12.2. The fraction of sp³-hybridized carbons (Fsp3) is 0.500. The highest BCUT2D eigenvalue weighted by Crippen LogP contribution is 2.24. The van der Waals surface area contributed by atoms with Gasteiger partial charge in [-0.25, -0.2) is 9.59 Å². The molecule has 0 atom stereocenters. The van der Waals surface area contributed by atoms with Gasteiger partial charge in [-0.3, -0.25) is 0 Å². The van der Waals surface area contributed by atoms with Gasteiger partial charge < -0.3 is 9.47 Å². The van der Waals surface area contributed by atoms with E-state index in [4.69, 9.17) is 9.47 Å². The summed E-state index contributed by atoms with van der Waals surface area (Å²) in [5.74, 6) is -0.773. The van der Waals surface area contributed by atoms with Crippen LogP contribution in [0.25, 0.3) is 0 Å². The molecule has 0 aromatic heterocycles. The van der Waals surface area contributed by atoms with Crippen LogP contribution in [0.5, 0.6) is 0 Å². The van der Waals surface area contributed by atoms with Gasteiger partial charge in [-0.1, -0.05) is 36.7 Å². The lowest BCUT2D eigenvalue weighted by Crippen LogP contribution is -2.16. The van der Waals surface area contributed by atoms with Crippen LogP contribution >= 0.6 is 15.9 Å². The first kappa shape index (κ1) is 17.7. The lowest BCUT2D eigenvalue weighted by molar-refractivity contribution is 0.0434. The van der Waals surface area contributed by atoms with Crippen molar-refractivity contribution in [1.82, 2.24) is 0 Å². The summed E-state index contributed by atoms with van der Waals surface area (Å²) in [6.45, 7) is 8.19. The first-order chi connectivity index (χ1) is 9.90. The summed E-state index contributed by atoms with van der Waals surface area (Å²) in [5, 5.41) is 0. The molecule has 1 rings (SSSR count). The SMILES string of the molecule is CCOC(=O)c1cc(CC)c(Br)cc1C(=O)OCC(C)C. The lowest BCUT2D eigenvalue weighted by Gasteiger charge is -2.13. The molecule has 0 unspecified atom stereocenters. The molecule has 0 aliphatic rings. The highest BCUT2D eigenvalue weighted by molar-refractivity contribution is 9.10. The summed E-state index contributed by atoms with van der Waals surface area (Å²) in [7, 11) is 0. The number of esters is 2. The molecule has 1 aromatic carbocycles. The third-order valence-electron chi connectivity index (χ3n) is 2.83. The Morgan fingerprint density at radius 3 is 2.19 bits per heavy atom. The summed E-state index contributed by atoms with van der Waals surface area (Å²) >= 11 is 3.42. The van der Waals surface area contributed by atoms with Crippen molar-refractivity contribution in [3.63, 3.8) is 0 Å². The molecule has 0 aliphatic carbocycles. The summed E-state index contributed by atoms with van der Waals surface area (Å²) < 4.78 is 11.0. The minimum atomic E-state index is -0.505. The maximum Gasteiger partial charge on any atom is 0.339 e. The van der Waals surface area contributed by atoms with Crippen LogP contribution in [0.4, 0.5) is 0 Å². The third kappa shape index (κ3) is 4.84. The van der Waals surface area contributed by atoms with E-state index in [9.17, 15) is 9.59 Å². The molecule has 116 valence electrons. The molecule has 0 N–H and O–H groups in total. The Hall–Kier alpha value is -1.36. The zero-order valence-electron chi connectivity index (χ0n) is 12.9. The van der Waals surface area contributed by atoms with Crippen LogP contribution in [-0.2, 0) is 15.9 Å². The first-order valence-electron chi connectivity index (χ1n) is 7.07. The third-order valence-corrected chi connectivity index (χ3v) is 3.57. The lowest BCUT2D eigenvalue weighted by atomic mass is 10.0. The second-order valence-corrected chi connectivity index (χ2v) is 5.91. The van der Waals surface area contributed by atoms with Gasteiger partial charge >= 0.3 is 11.9 Å². The molecule has 0 saturated heterocycles. The fourth-order valence-corrected chi connectivity index (χ4v) is 2.38. The highest BCUT2D eigenvalue weighted by atomic mass is 79.9. The van der Waals surface area contributed by atoms with E-state index in [0.29, 0.717) is 6.61 Å². The van der Waals surface area contributed by atoms with E-state index in [0.717, 1.165) is 16.5 Å². The number of rotatable bonds is 6. The summed E-state index contributed by atoms with van der Waals surface area (Å²) in [5.41, 5.74) is 1.43. The number of benzene rings is 1. The Morgan fingerprint density at radius 1 is 1.10 bits per heavy atom. The van der Waals surface area contributed by atoms with E-state index >= 15 is 0 Å². The number of carbonyl (C=O) groups is 2. The molecule has 0 spiro atoms. The number of ether oxygens (including phenoxy) is 2. The van der Waals surface area contributed by atoms with Crippen LogP contribution in [0.1, 0.15) is 54.0 Å². The van der Waals surface area contributed by atoms with Gasteiger partial charge in [-0.15, -0.1) is 0 Å². The number of hydrogen-bond donors (Lipinski definition) is 0. The van der Waals surface area contributed by atoms with Crippen LogP contribution in [0.3, 0.4) is 0 Å². The van der Waals surface area contributed by atoms with E-state index < -0.39 is 11.9 Å². The zero-order chi connectivity index (χ0) is 16.0. The fourth-order valence-electron chi connectivity index (χ4n) is 1.76. The Balaban J connectivity index is 3.18. The predicted molar refractivity (Wildman–Crippen MR) is 84.6 cm³/mol. The van der Waals surface area contributed by atoms with Gasteiger partial charge in [0.25, 0.3) is 0 Å². The van der Waals surface area contributed by atoms with E-state index in [1.807, 2.05) is 20.8 Å². The summed E-state index contributed by atoms with van der Waals surface area (Å²) in [4.78, 5) is 24.2. The van der Waals surface area contributed by atoms with Crippen molar-refractivity contribution in [3.8, 4) is 0 Å². The second kappa shape index (κ2) is 8.17. The predicted octanol–water partition coefficient (Wildman–Crippen LogP) is 4.00. The van der Waals surface area contributed by atoms with Crippen molar-refractivity contribution in [2.45, 2.75) is 34.1 Å². The summed E-state index contributed by atoms with van der Waals surface area (Å²) in [6.07, 6.45) is 0.744. The Kier molecular flexibility index (Phi) is 6.89. The monoisotopic (exact) mass is 356 g/mol. The topological polar surface area (TPSA) is 52.6 Å². The van der Waals surface area contributed by atoms with Gasteiger partial charge in [-0.2, -0.15) is 0 Å². The Bertz CT molecular complexity index is 523. The molecule has 0 amide bonds. The van der Waals surface area contributed by atoms with E-state index in [2.05, 4.69) is 15.9 Å². The summed E-state index contributed by atoms with van der Waals surface area (Å²) in [6, 6.07) is 3.32. The van der Waals surface area contributed by atoms with E-state index in [1.54, 1.807) is 19.1 Å². The molecule has 0 saturated carbocycles. The standard InChI is InChI=1S/C16H21BrO4/c1-5-11-7-12(15(18)20-6-2)13(8-14(11)17)16(19)21-9-10(3)4/h7-8,10H,5-6,9H2,1-4H3. The molecule has 0 fully saturated rings.